The number of rotatable bonds is 1. The third-order valence-electron chi connectivity index (χ3n) is 2.98. The molecule has 3 nitrogen and oxygen atoms in total. The maximum atomic E-state index is 12.2. The number of benzene rings is 2. The molecule has 2 aromatic carbocycles. The Morgan fingerprint density at radius 2 is 1.71 bits per heavy atom. The third kappa shape index (κ3) is 2.60. The van der Waals surface area contributed by atoms with E-state index >= 15 is 0 Å². The molecule has 0 atom stereocenters. The van der Waals surface area contributed by atoms with E-state index < -0.39 is 0 Å². The van der Waals surface area contributed by atoms with Crippen molar-refractivity contribution in [1.29, 1.82) is 0 Å². The highest BCUT2D eigenvalue weighted by molar-refractivity contribution is 6.38. The largest absolute Gasteiger partial charge is 0.506 e. The van der Waals surface area contributed by atoms with Crippen LogP contribution in [0.3, 0.4) is 0 Å². The topological polar surface area (TPSA) is 50.4 Å². The number of halogens is 3. The van der Waals surface area contributed by atoms with Crippen molar-refractivity contribution < 1.29 is 9.52 Å². The van der Waals surface area contributed by atoms with Crippen molar-refractivity contribution in [3.8, 4) is 17.1 Å². The lowest BCUT2D eigenvalue weighted by Gasteiger charge is -2.06. The van der Waals surface area contributed by atoms with Crippen molar-refractivity contribution in [2.24, 2.45) is 0 Å². The lowest BCUT2D eigenvalue weighted by atomic mass is 10.1. The predicted molar refractivity (Wildman–Crippen MR) is 84.6 cm³/mol. The molecule has 0 aliphatic heterocycles. The Balaban J connectivity index is 2.30. The zero-order valence-corrected chi connectivity index (χ0v) is 12.6. The highest BCUT2D eigenvalue weighted by Crippen LogP contribution is 2.32. The Morgan fingerprint density at radius 3 is 2.43 bits per heavy atom. The van der Waals surface area contributed by atoms with E-state index in [0.29, 0.717) is 21.7 Å². The number of aromatic hydroxyl groups is 1. The molecule has 0 unspecified atom stereocenters. The van der Waals surface area contributed by atoms with Crippen LogP contribution in [0, 0.1) is 0 Å². The van der Waals surface area contributed by atoms with Gasteiger partial charge in [0.1, 0.15) is 11.5 Å². The monoisotopic (exact) mass is 340 g/mol. The van der Waals surface area contributed by atoms with E-state index in [-0.39, 0.29) is 26.8 Å². The second kappa shape index (κ2) is 5.26. The smallest absolute Gasteiger partial charge is 0.193 e. The minimum Gasteiger partial charge on any atom is -0.506 e. The molecule has 21 heavy (non-hydrogen) atoms. The van der Waals surface area contributed by atoms with Gasteiger partial charge in [0.25, 0.3) is 0 Å². The van der Waals surface area contributed by atoms with Crippen LogP contribution >= 0.6 is 34.8 Å². The molecule has 1 aromatic heterocycles. The Hall–Kier alpha value is -1.68. The summed E-state index contributed by atoms with van der Waals surface area (Å²) in [6.07, 6.45) is 0. The second-order valence-electron chi connectivity index (χ2n) is 4.41. The summed E-state index contributed by atoms with van der Waals surface area (Å²) in [5.41, 5.74) is 0.551. The van der Waals surface area contributed by atoms with Gasteiger partial charge in [0, 0.05) is 16.7 Å². The van der Waals surface area contributed by atoms with E-state index in [0.717, 1.165) is 0 Å². The van der Waals surface area contributed by atoms with Crippen LogP contribution in [0.15, 0.2) is 45.6 Å². The Labute approximate surface area is 134 Å². The van der Waals surface area contributed by atoms with Gasteiger partial charge in [-0.15, -0.1) is 0 Å². The molecular formula is C15H7Cl3O3. The SMILES string of the molecule is O=c1cc(-c2ccc(O)c(Cl)c2)oc2c(Cl)cc(Cl)cc12. The van der Waals surface area contributed by atoms with Crippen LogP contribution in [-0.2, 0) is 0 Å². The summed E-state index contributed by atoms with van der Waals surface area (Å²) in [5, 5.41) is 10.5. The van der Waals surface area contributed by atoms with E-state index in [1.165, 1.54) is 30.3 Å². The van der Waals surface area contributed by atoms with Gasteiger partial charge in [0.15, 0.2) is 11.0 Å². The summed E-state index contributed by atoms with van der Waals surface area (Å²) in [4.78, 5) is 12.2. The van der Waals surface area contributed by atoms with Crippen molar-refractivity contribution in [1.82, 2.24) is 0 Å². The van der Waals surface area contributed by atoms with Crippen LogP contribution < -0.4 is 5.43 Å². The summed E-state index contributed by atoms with van der Waals surface area (Å²) in [7, 11) is 0. The molecule has 0 fully saturated rings. The van der Waals surface area contributed by atoms with Crippen molar-refractivity contribution in [2.45, 2.75) is 0 Å². The van der Waals surface area contributed by atoms with E-state index in [1.54, 1.807) is 6.07 Å². The van der Waals surface area contributed by atoms with E-state index in [2.05, 4.69) is 0 Å². The highest BCUT2D eigenvalue weighted by atomic mass is 35.5. The lowest BCUT2D eigenvalue weighted by Crippen LogP contribution is -2.00. The normalized spacial score (nSPS) is 11.0. The van der Waals surface area contributed by atoms with Gasteiger partial charge in [-0.05, 0) is 30.3 Å². The van der Waals surface area contributed by atoms with Crippen LogP contribution in [0.25, 0.3) is 22.3 Å². The summed E-state index contributed by atoms with van der Waals surface area (Å²) >= 11 is 17.8. The number of phenolic OH excluding ortho intramolecular Hbond substituents is 1. The van der Waals surface area contributed by atoms with E-state index in [1.807, 2.05) is 0 Å². The van der Waals surface area contributed by atoms with Crippen LogP contribution in [-0.4, -0.2) is 5.11 Å². The maximum Gasteiger partial charge on any atom is 0.193 e. The maximum absolute atomic E-state index is 12.2. The van der Waals surface area contributed by atoms with Crippen molar-refractivity contribution in [3.05, 3.63) is 61.7 Å². The molecule has 0 saturated carbocycles. The first-order chi connectivity index (χ1) is 9.95. The number of hydrogen-bond donors (Lipinski definition) is 1. The zero-order valence-electron chi connectivity index (χ0n) is 10.4. The van der Waals surface area contributed by atoms with Crippen molar-refractivity contribution >= 4 is 45.8 Å². The number of hydrogen-bond acceptors (Lipinski definition) is 3. The highest BCUT2D eigenvalue weighted by Gasteiger charge is 2.12. The number of phenols is 1. The first-order valence-corrected chi connectivity index (χ1v) is 7.01. The van der Waals surface area contributed by atoms with Gasteiger partial charge >= 0.3 is 0 Å². The third-order valence-corrected chi connectivity index (χ3v) is 3.78. The van der Waals surface area contributed by atoms with Gasteiger partial charge < -0.3 is 9.52 Å². The quantitative estimate of drug-likeness (QED) is 0.668. The Kier molecular flexibility index (Phi) is 3.57. The average molecular weight is 342 g/mol. The first-order valence-electron chi connectivity index (χ1n) is 5.87. The standard InChI is InChI=1S/C15H7Cl3O3/c16-8-4-9-13(20)6-14(21-15(9)11(18)5-8)7-1-2-12(19)10(17)3-7/h1-6,19H. The summed E-state index contributed by atoms with van der Waals surface area (Å²) < 4.78 is 5.68. The molecule has 1 N–H and O–H groups in total. The molecule has 0 amide bonds. The molecule has 0 aliphatic carbocycles. The average Bonchev–Trinajstić information content (AvgIpc) is 2.43. The zero-order chi connectivity index (χ0) is 15.1. The van der Waals surface area contributed by atoms with Gasteiger partial charge in [-0.1, -0.05) is 34.8 Å². The van der Waals surface area contributed by atoms with Gasteiger partial charge in [-0.25, -0.2) is 0 Å². The van der Waals surface area contributed by atoms with Crippen LogP contribution in [0.5, 0.6) is 5.75 Å². The molecule has 0 saturated heterocycles. The summed E-state index contributed by atoms with van der Waals surface area (Å²) in [6.45, 7) is 0. The second-order valence-corrected chi connectivity index (χ2v) is 5.66. The van der Waals surface area contributed by atoms with Gasteiger partial charge in [-0.2, -0.15) is 0 Å². The summed E-state index contributed by atoms with van der Waals surface area (Å²) in [6, 6.07) is 8.85. The number of fused-ring (bicyclic) bond motifs is 1. The van der Waals surface area contributed by atoms with Crippen molar-refractivity contribution in [3.63, 3.8) is 0 Å². The molecule has 0 aliphatic rings. The fourth-order valence-corrected chi connectivity index (χ4v) is 2.70. The van der Waals surface area contributed by atoms with Crippen LogP contribution in [0.1, 0.15) is 0 Å². The first kappa shape index (κ1) is 14.3. The lowest BCUT2D eigenvalue weighted by molar-refractivity contribution is 0.475. The molecule has 0 bridgehead atoms. The van der Waals surface area contributed by atoms with Gasteiger partial charge in [-0.3, -0.25) is 4.79 Å². The predicted octanol–water partition coefficient (Wildman–Crippen LogP) is 5.13. The van der Waals surface area contributed by atoms with Gasteiger partial charge in [0.05, 0.1) is 15.4 Å². The van der Waals surface area contributed by atoms with E-state index in [4.69, 9.17) is 39.2 Å². The van der Waals surface area contributed by atoms with Crippen LogP contribution in [0.2, 0.25) is 15.1 Å². The molecule has 0 radical (unpaired) electrons. The molecule has 0 spiro atoms. The molecule has 106 valence electrons. The molecule has 3 aromatic rings. The van der Waals surface area contributed by atoms with Crippen molar-refractivity contribution in [2.75, 3.05) is 0 Å². The Morgan fingerprint density at radius 1 is 0.952 bits per heavy atom. The molecule has 3 rings (SSSR count). The fourth-order valence-electron chi connectivity index (χ4n) is 1.99. The summed E-state index contributed by atoms with van der Waals surface area (Å²) in [5.74, 6) is 0.256. The van der Waals surface area contributed by atoms with Crippen LogP contribution in [0.4, 0.5) is 0 Å². The minimum absolute atomic E-state index is 0.0478. The molecule has 1 heterocycles. The Bertz CT molecular complexity index is 916. The molecular weight excluding hydrogens is 335 g/mol. The fraction of sp³-hybridized carbons (Fsp3) is 0. The van der Waals surface area contributed by atoms with Gasteiger partial charge in [0.2, 0.25) is 0 Å². The minimum atomic E-state index is -0.264. The molecule has 6 heteroatoms. The van der Waals surface area contributed by atoms with E-state index in [9.17, 15) is 9.90 Å².